The third-order valence-electron chi connectivity index (χ3n) is 3.89. The molecule has 0 fully saturated rings. The molecule has 7 heteroatoms. The predicted octanol–water partition coefficient (Wildman–Crippen LogP) is 2.58. The number of aryl methyl sites for hydroxylation is 3. The summed E-state index contributed by atoms with van der Waals surface area (Å²) in [5.41, 5.74) is 5.29. The zero-order chi connectivity index (χ0) is 16.6. The summed E-state index contributed by atoms with van der Waals surface area (Å²) in [6.07, 6.45) is 0. The Kier molecular flexibility index (Phi) is 4.04. The van der Waals surface area contributed by atoms with E-state index in [2.05, 4.69) is 15.7 Å². The van der Waals surface area contributed by atoms with Gasteiger partial charge in [-0.15, -0.1) is 5.10 Å². The Balaban J connectivity index is 1.86. The molecule has 0 radical (unpaired) electrons. The normalized spacial score (nSPS) is 13.5. The van der Waals surface area contributed by atoms with Crippen LogP contribution in [0, 0.1) is 13.8 Å². The molecule has 3 aromatic rings. The summed E-state index contributed by atoms with van der Waals surface area (Å²) >= 11 is 1.53. The van der Waals surface area contributed by atoms with E-state index in [1.54, 1.807) is 0 Å². The van der Waals surface area contributed by atoms with Crippen LogP contribution >= 0.6 is 11.3 Å². The number of fused-ring (bicyclic) bond motifs is 1. The lowest BCUT2D eigenvalue weighted by molar-refractivity contribution is -0.122. The highest BCUT2D eigenvalue weighted by atomic mass is 32.1. The molecule has 0 aliphatic heterocycles. The first-order chi connectivity index (χ1) is 11.0. The maximum atomic E-state index is 12.4. The van der Waals surface area contributed by atoms with Crippen molar-refractivity contribution in [2.45, 2.75) is 26.7 Å². The fraction of sp³-hybridized carbons (Fsp3) is 0.312. The summed E-state index contributed by atoms with van der Waals surface area (Å²) in [5.74, 6) is 0.110. The van der Waals surface area contributed by atoms with Crippen molar-refractivity contribution in [3.05, 3.63) is 46.1 Å². The summed E-state index contributed by atoms with van der Waals surface area (Å²) in [6.45, 7) is 5.46. The fourth-order valence-corrected chi connectivity index (χ4v) is 3.61. The van der Waals surface area contributed by atoms with Gasteiger partial charge in [0, 0.05) is 12.6 Å². The van der Waals surface area contributed by atoms with Crippen molar-refractivity contribution in [1.82, 2.24) is 15.1 Å². The van der Waals surface area contributed by atoms with Crippen LogP contribution in [0.2, 0.25) is 0 Å². The van der Waals surface area contributed by atoms with Crippen LogP contribution in [0.25, 0.3) is 10.2 Å². The molecular formula is C16H18N4O2S. The van der Waals surface area contributed by atoms with Gasteiger partial charge in [-0.3, -0.25) is 4.79 Å². The number of para-hydroxylation sites is 1. The molecule has 0 saturated heterocycles. The predicted molar refractivity (Wildman–Crippen MR) is 88.9 cm³/mol. The Morgan fingerprint density at radius 3 is 2.78 bits per heavy atom. The van der Waals surface area contributed by atoms with Crippen LogP contribution < -0.4 is 10.2 Å². The highest BCUT2D eigenvalue weighted by Crippen LogP contribution is 2.23. The molecule has 2 heterocycles. The molecular weight excluding hydrogens is 312 g/mol. The molecule has 2 aromatic heterocycles. The molecule has 6 nitrogen and oxygen atoms in total. The molecule has 1 unspecified atom stereocenters. The molecule has 1 atom stereocenters. The minimum absolute atomic E-state index is 0.183. The van der Waals surface area contributed by atoms with Crippen LogP contribution in [-0.2, 0) is 11.8 Å². The number of rotatable bonds is 3. The summed E-state index contributed by atoms with van der Waals surface area (Å²) in [4.78, 5) is 13.1. The zero-order valence-corrected chi connectivity index (χ0v) is 14.3. The van der Waals surface area contributed by atoms with Crippen molar-refractivity contribution in [3.63, 3.8) is 0 Å². The van der Waals surface area contributed by atoms with Crippen molar-refractivity contribution in [3.8, 4) is 0 Å². The number of nitrogens with zero attached hydrogens (tertiary/aromatic N) is 3. The van der Waals surface area contributed by atoms with E-state index < -0.39 is 0 Å². The van der Waals surface area contributed by atoms with Crippen molar-refractivity contribution >= 4 is 27.5 Å². The lowest BCUT2D eigenvalue weighted by Gasteiger charge is -2.08. The van der Waals surface area contributed by atoms with Crippen LogP contribution in [0.4, 0.5) is 0 Å². The van der Waals surface area contributed by atoms with Crippen molar-refractivity contribution in [2.24, 2.45) is 12.1 Å². The summed E-state index contributed by atoms with van der Waals surface area (Å²) in [5, 5.41) is 8.16. The first-order valence-corrected chi connectivity index (χ1v) is 8.11. The average molecular weight is 330 g/mol. The topological polar surface area (TPSA) is 72.4 Å². The quantitative estimate of drug-likeness (QED) is 0.750. The minimum atomic E-state index is -0.371. The average Bonchev–Trinajstić information content (AvgIpc) is 3.05. The molecule has 0 aliphatic rings. The molecule has 0 aliphatic carbocycles. The molecule has 1 amide bonds. The van der Waals surface area contributed by atoms with Crippen molar-refractivity contribution < 1.29 is 9.32 Å². The number of carbonyl (C=O) groups excluding carboxylic acids is 1. The maximum Gasteiger partial charge on any atom is 0.247 e. The standard InChI is InChI=1S/C16H18N4O2S/c1-9(14-10(2)19-22-11(14)3)15(21)17-18-16-20(4)12-7-5-6-8-13(12)23-16/h5-9H,1-4H3,(H,17,21)/b18-16+. The van der Waals surface area contributed by atoms with Gasteiger partial charge in [0.15, 0.2) is 0 Å². The van der Waals surface area contributed by atoms with Crippen LogP contribution in [-0.4, -0.2) is 15.6 Å². The van der Waals surface area contributed by atoms with Crippen LogP contribution in [0.15, 0.2) is 33.9 Å². The van der Waals surface area contributed by atoms with E-state index in [0.29, 0.717) is 5.76 Å². The summed E-state index contributed by atoms with van der Waals surface area (Å²) in [6, 6.07) is 8.03. The van der Waals surface area contributed by atoms with E-state index in [9.17, 15) is 4.79 Å². The molecule has 0 spiro atoms. The number of hydrogen-bond acceptors (Lipinski definition) is 5. The number of amides is 1. The zero-order valence-electron chi connectivity index (χ0n) is 13.5. The third-order valence-corrected chi connectivity index (χ3v) is 5.00. The second-order valence-corrected chi connectivity index (χ2v) is 6.47. The third kappa shape index (κ3) is 2.79. The SMILES string of the molecule is Cc1noc(C)c1C(C)C(=O)N/N=c1/sc2ccccc2n1C. The maximum absolute atomic E-state index is 12.4. The highest BCUT2D eigenvalue weighted by molar-refractivity contribution is 7.16. The van der Waals surface area contributed by atoms with Gasteiger partial charge in [-0.25, -0.2) is 5.43 Å². The van der Waals surface area contributed by atoms with E-state index >= 15 is 0 Å². The van der Waals surface area contributed by atoms with Gasteiger partial charge < -0.3 is 9.09 Å². The van der Waals surface area contributed by atoms with Gasteiger partial charge in [0.05, 0.1) is 21.8 Å². The lowest BCUT2D eigenvalue weighted by atomic mass is 9.99. The Hall–Kier alpha value is -2.41. The highest BCUT2D eigenvalue weighted by Gasteiger charge is 2.22. The van der Waals surface area contributed by atoms with Gasteiger partial charge >= 0.3 is 0 Å². The van der Waals surface area contributed by atoms with Crippen molar-refractivity contribution in [1.29, 1.82) is 0 Å². The second kappa shape index (κ2) is 6.00. The van der Waals surface area contributed by atoms with E-state index in [1.807, 2.05) is 56.7 Å². The second-order valence-electron chi connectivity index (χ2n) is 5.46. The summed E-state index contributed by atoms with van der Waals surface area (Å²) in [7, 11) is 1.93. The van der Waals surface area contributed by atoms with Crippen LogP contribution in [0.1, 0.15) is 29.9 Å². The van der Waals surface area contributed by atoms with Gasteiger partial charge in [0.1, 0.15) is 5.76 Å². The lowest BCUT2D eigenvalue weighted by Crippen LogP contribution is -2.27. The molecule has 23 heavy (non-hydrogen) atoms. The van der Waals surface area contributed by atoms with Gasteiger partial charge in [0.25, 0.3) is 0 Å². The van der Waals surface area contributed by atoms with E-state index in [0.717, 1.165) is 26.3 Å². The Labute approximate surface area is 137 Å². The number of nitrogens with one attached hydrogen (secondary N) is 1. The first-order valence-electron chi connectivity index (χ1n) is 7.30. The molecule has 1 aromatic carbocycles. The Morgan fingerprint density at radius 1 is 1.39 bits per heavy atom. The molecule has 0 saturated carbocycles. The molecule has 1 N–H and O–H groups in total. The Morgan fingerprint density at radius 2 is 2.13 bits per heavy atom. The number of hydrogen-bond donors (Lipinski definition) is 1. The fourth-order valence-electron chi connectivity index (χ4n) is 2.63. The van der Waals surface area contributed by atoms with Crippen LogP contribution in [0.3, 0.4) is 0 Å². The molecule has 120 valence electrons. The van der Waals surface area contributed by atoms with Gasteiger partial charge in [0.2, 0.25) is 10.7 Å². The van der Waals surface area contributed by atoms with Crippen molar-refractivity contribution in [2.75, 3.05) is 0 Å². The van der Waals surface area contributed by atoms with Gasteiger partial charge in [-0.1, -0.05) is 28.6 Å². The number of benzene rings is 1. The van der Waals surface area contributed by atoms with Gasteiger partial charge in [-0.2, -0.15) is 0 Å². The van der Waals surface area contributed by atoms with Gasteiger partial charge in [-0.05, 0) is 32.9 Å². The first kappa shape index (κ1) is 15.5. The minimum Gasteiger partial charge on any atom is -0.361 e. The largest absolute Gasteiger partial charge is 0.361 e. The Bertz CT molecular complexity index is 916. The number of carbonyl (C=O) groups is 1. The summed E-state index contributed by atoms with van der Waals surface area (Å²) < 4.78 is 8.21. The van der Waals surface area contributed by atoms with E-state index in [4.69, 9.17) is 4.52 Å². The van der Waals surface area contributed by atoms with E-state index in [1.165, 1.54) is 11.3 Å². The smallest absolute Gasteiger partial charge is 0.247 e. The molecule has 3 rings (SSSR count). The number of aromatic nitrogens is 2. The van der Waals surface area contributed by atoms with E-state index in [-0.39, 0.29) is 11.8 Å². The number of thiazole rings is 1. The molecule has 0 bridgehead atoms. The monoisotopic (exact) mass is 330 g/mol. The van der Waals surface area contributed by atoms with Crippen LogP contribution in [0.5, 0.6) is 0 Å².